The molecule has 0 atom stereocenters. The lowest BCUT2D eigenvalue weighted by Gasteiger charge is -2.36. The molecule has 0 bridgehead atoms. The number of halogens is 9. The largest absolute Gasteiger partial charge is 0.460 e. The molecule has 2 nitrogen and oxygen atoms in total. The average Bonchev–Trinajstić information content (AvgIpc) is 2.49. The van der Waals surface area contributed by atoms with E-state index in [1.165, 1.54) is 0 Å². The summed E-state index contributed by atoms with van der Waals surface area (Å²) in [6, 6.07) is 0. The zero-order valence-electron chi connectivity index (χ0n) is 14.3. The van der Waals surface area contributed by atoms with Crippen molar-refractivity contribution >= 4 is 0 Å². The maximum atomic E-state index is 13.6. The average molecular weight is 406 g/mol. The van der Waals surface area contributed by atoms with Crippen LogP contribution < -0.4 is 0 Å². The van der Waals surface area contributed by atoms with E-state index in [4.69, 9.17) is 0 Å². The predicted octanol–water partition coefficient (Wildman–Crippen LogP) is 5.03. The lowest BCUT2D eigenvalue weighted by atomic mass is 9.78. The molecule has 0 saturated heterocycles. The highest BCUT2D eigenvalue weighted by atomic mass is 19.4. The molecular weight excluding hydrogens is 383 g/mol. The van der Waals surface area contributed by atoms with E-state index in [2.05, 4.69) is 0 Å². The van der Waals surface area contributed by atoms with Crippen LogP contribution in [0.2, 0.25) is 0 Å². The van der Waals surface area contributed by atoms with Gasteiger partial charge in [0.25, 0.3) is 0 Å². The van der Waals surface area contributed by atoms with Crippen molar-refractivity contribution < 1.29 is 49.7 Å². The molecule has 0 spiro atoms. The van der Waals surface area contributed by atoms with Crippen LogP contribution in [0.1, 0.15) is 46.0 Å². The van der Waals surface area contributed by atoms with Gasteiger partial charge in [0.2, 0.25) is 0 Å². The Kier molecular flexibility index (Phi) is 8.30. The Labute approximate surface area is 145 Å². The fourth-order valence-electron chi connectivity index (χ4n) is 2.36. The molecule has 0 aliphatic rings. The van der Waals surface area contributed by atoms with E-state index in [1.54, 1.807) is 0 Å². The molecule has 0 aromatic rings. The monoisotopic (exact) mass is 406 g/mol. The summed E-state index contributed by atoms with van der Waals surface area (Å²) in [4.78, 5) is 0. The van der Waals surface area contributed by atoms with Gasteiger partial charge in [-0.25, -0.2) is 0 Å². The van der Waals surface area contributed by atoms with Gasteiger partial charge in [0.1, 0.15) is 0 Å². The Bertz CT molecular complexity index is 429. The second kappa shape index (κ2) is 8.53. The van der Waals surface area contributed by atoms with Crippen LogP contribution in [0.4, 0.5) is 39.5 Å². The Morgan fingerprint density at radius 1 is 0.692 bits per heavy atom. The Morgan fingerprint density at radius 2 is 1.15 bits per heavy atom. The second-order valence-corrected chi connectivity index (χ2v) is 6.95. The molecule has 0 saturated carbocycles. The quantitative estimate of drug-likeness (QED) is 0.473. The Balaban J connectivity index is 5.32. The Morgan fingerprint density at radius 3 is 1.50 bits per heavy atom. The number of alkyl halides is 9. The van der Waals surface area contributed by atoms with Gasteiger partial charge in [-0.15, -0.1) is 0 Å². The van der Waals surface area contributed by atoms with Gasteiger partial charge in [0.05, 0.1) is 13.2 Å². The van der Waals surface area contributed by atoms with E-state index >= 15 is 0 Å². The van der Waals surface area contributed by atoms with Gasteiger partial charge in [-0.1, -0.05) is 26.7 Å². The minimum atomic E-state index is -6.93. The standard InChI is InChI=1S/C15H23F9O2/c1-10(2)4-3-5-11(8-25,9-26)6-7-12(16,17)13(18,19)14(20,21)15(22,23)24/h10,25-26H,3-9H2,1-2H3. The number of hydrogen-bond donors (Lipinski definition) is 2. The number of rotatable bonds is 11. The van der Waals surface area contributed by atoms with E-state index in [-0.39, 0.29) is 12.3 Å². The van der Waals surface area contributed by atoms with Crippen LogP contribution in [0.15, 0.2) is 0 Å². The minimum Gasteiger partial charge on any atom is -0.396 e. The van der Waals surface area contributed by atoms with Crippen molar-refractivity contribution in [2.75, 3.05) is 13.2 Å². The highest BCUT2D eigenvalue weighted by molar-refractivity contribution is 5.01. The summed E-state index contributed by atoms with van der Waals surface area (Å²) in [7, 11) is 0. The van der Waals surface area contributed by atoms with Crippen molar-refractivity contribution in [3.8, 4) is 0 Å². The van der Waals surface area contributed by atoms with Gasteiger partial charge in [-0.05, 0) is 18.8 Å². The van der Waals surface area contributed by atoms with E-state index < -0.39 is 55.4 Å². The lowest BCUT2D eigenvalue weighted by molar-refractivity contribution is -0.397. The molecular formula is C15H23F9O2. The van der Waals surface area contributed by atoms with Gasteiger partial charge in [-0.3, -0.25) is 0 Å². The summed E-state index contributed by atoms with van der Waals surface area (Å²) >= 11 is 0. The third-order valence-electron chi connectivity index (χ3n) is 4.34. The number of aliphatic hydroxyl groups excluding tert-OH is 2. The van der Waals surface area contributed by atoms with Crippen LogP contribution in [0.5, 0.6) is 0 Å². The van der Waals surface area contributed by atoms with E-state index in [1.807, 2.05) is 13.8 Å². The first-order valence-electron chi connectivity index (χ1n) is 7.91. The molecule has 158 valence electrons. The fourth-order valence-corrected chi connectivity index (χ4v) is 2.36. The van der Waals surface area contributed by atoms with Crippen molar-refractivity contribution in [2.45, 2.75) is 69.9 Å². The van der Waals surface area contributed by atoms with Crippen LogP contribution in [-0.4, -0.2) is 47.4 Å². The summed E-state index contributed by atoms with van der Waals surface area (Å²) in [5.41, 5.74) is -1.68. The normalized spacial score (nSPS) is 15.0. The molecule has 0 radical (unpaired) electrons. The van der Waals surface area contributed by atoms with Crippen LogP contribution in [0, 0.1) is 11.3 Å². The molecule has 0 aliphatic carbocycles. The second-order valence-electron chi connectivity index (χ2n) is 6.95. The van der Waals surface area contributed by atoms with Gasteiger partial charge in [-0.2, -0.15) is 39.5 Å². The third kappa shape index (κ3) is 5.40. The minimum absolute atomic E-state index is 0.0739. The molecule has 0 rings (SSSR count). The van der Waals surface area contributed by atoms with Crippen LogP contribution >= 0.6 is 0 Å². The van der Waals surface area contributed by atoms with Gasteiger partial charge >= 0.3 is 23.9 Å². The highest BCUT2D eigenvalue weighted by Crippen LogP contribution is 2.55. The van der Waals surface area contributed by atoms with Crippen LogP contribution in [0.25, 0.3) is 0 Å². The van der Waals surface area contributed by atoms with Gasteiger partial charge in [0.15, 0.2) is 0 Å². The summed E-state index contributed by atoms with van der Waals surface area (Å²) in [6.45, 7) is 1.85. The smallest absolute Gasteiger partial charge is 0.396 e. The van der Waals surface area contributed by atoms with Crippen molar-refractivity contribution in [1.29, 1.82) is 0 Å². The highest BCUT2D eigenvalue weighted by Gasteiger charge is 2.81. The molecule has 0 unspecified atom stereocenters. The van der Waals surface area contributed by atoms with E-state index in [0.717, 1.165) is 0 Å². The summed E-state index contributed by atoms with van der Waals surface area (Å²) in [5, 5.41) is 18.6. The van der Waals surface area contributed by atoms with Crippen molar-refractivity contribution in [2.24, 2.45) is 11.3 Å². The molecule has 0 heterocycles. The molecule has 0 amide bonds. The molecule has 0 fully saturated rings. The third-order valence-corrected chi connectivity index (χ3v) is 4.34. The van der Waals surface area contributed by atoms with Gasteiger partial charge < -0.3 is 10.2 Å². The summed E-state index contributed by atoms with van der Waals surface area (Å²) < 4.78 is 116. The molecule has 0 aromatic carbocycles. The van der Waals surface area contributed by atoms with E-state index in [0.29, 0.717) is 12.8 Å². The first-order valence-corrected chi connectivity index (χ1v) is 7.91. The van der Waals surface area contributed by atoms with Crippen molar-refractivity contribution in [3.05, 3.63) is 0 Å². The fraction of sp³-hybridized carbons (Fsp3) is 1.00. The van der Waals surface area contributed by atoms with Crippen LogP contribution in [-0.2, 0) is 0 Å². The first-order chi connectivity index (χ1) is 11.5. The van der Waals surface area contributed by atoms with Crippen molar-refractivity contribution in [1.82, 2.24) is 0 Å². The SMILES string of the molecule is CC(C)CCCC(CO)(CO)CCC(F)(F)C(F)(F)C(F)(F)C(F)(F)F. The molecule has 11 heteroatoms. The maximum absolute atomic E-state index is 13.6. The Hall–Kier alpha value is -0.710. The zero-order chi connectivity index (χ0) is 21.0. The lowest BCUT2D eigenvalue weighted by Crippen LogP contribution is -2.61. The van der Waals surface area contributed by atoms with Gasteiger partial charge in [0, 0.05) is 11.8 Å². The van der Waals surface area contributed by atoms with Crippen LogP contribution in [0.3, 0.4) is 0 Å². The molecule has 2 N–H and O–H groups in total. The zero-order valence-corrected chi connectivity index (χ0v) is 14.3. The molecule has 26 heavy (non-hydrogen) atoms. The molecule has 0 aliphatic heterocycles. The maximum Gasteiger partial charge on any atom is 0.460 e. The summed E-state index contributed by atoms with van der Waals surface area (Å²) in [5.74, 6) is -19.1. The van der Waals surface area contributed by atoms with E-state index in [9.17, 15) is 49.7 Å². The molecule has 0 aromatic heterocycles. The topological polar surface area (TPSA) is 40.5 Å². The summed E-state index contributed by atoms with van der Waals surface area (Å²) in [6.07, 6.45) is -9.15. The first kappa shape index (κ1) is 25.3. The van der Waals surface area contributed by atoms with Crippen molar-refractivity contribution in [3.63, 3.8) is 0 Å². The number of hydrogen-bond acceptors (Lipinski definition) is 2. The number of aliphatic hydroxyl groups is 2. The predicted molar refractivity (Wildman–Crippen MR) is 75.4 cm³/mol.